The van der Waals surface area contributed by atoms with E-state index in [0.29, 0.717) is 10.5 Å². The fourth-order valence-electron chi connectivity index (χ4n) is 2.25. The zero-order valence-electron chi connectivity index (χ0n) is 12.0. The highest BCUT2D eigenvalue weighted by molar-refractivity contribution is 9.10. The predicted octanol–water partition coefficient (Wildman–Crippen LogP) is 5.86. The molecule has 3 rings (SSSR count). The Bertz CT molecular complexity index is 899. The number of nitrogens with one attached hydrogen (secondary N) is 1. The maximum absolute atomic E-state index is 12.2. The number of nitrogens with zero attached hydrogens (tertiary/aromatic N) is 1. The van der Waals surface area contributed by atoms with E-state index in [4.69, 9.17) is 12.2 Å². The summed E-state index contributed by atoms with van der Waals surface area (Å²) in [6.45, 7) is 0. The molecule has 0 aliphatic carbocycles. The van der Waals surface area contributed by atoms with Gasteiger partial charge in [-0.1, -0.05) is 28.1 Å². The molecule has 0 atom stereocenters. The van der Waals surface area contributed by atoms with Gasteiger partial charge in [-0.3, -0.25) is 4.57 Å². The highest BCUT2D eigenvalue weighted by Gasteiger charge is 2.31. The van der Waals surface area contributed by atoms with Crippen molar-refractivity contribution < 1.29 is 17.9 Å². The first-order valence-corrected chi connectivity index (χ1v) is 7.96. The molecule has 0 aliphatic rings. The molecule has 0 saturated carbocycles. The van der Waals surface area contributed by atoms with Crippen LogP contribution in [-0.4, -0.2) is 15.9 Å². The Labute approximate surface area is 148 Å². The van der Waals surface area contributed by atoms with Crippen LogP contribution in [-0.2, 0) is 0 Å². The van der Waals surface area contributed by atoms with Crippen LogP contribution in [0.3, 0.4) is 0 Å². The Morgan fingerprint density at radius 2 is 1.62 bits per heavy atom. The second-order valence-corrected chi connectivity index (χ2v) is 6.17. The number of rotatable bonds is 3. The van der Waals surface area contributed by atoms with Gasteiger partial charge in [0.2, 0.25) is 0 Å². The SMILES string of the molecule is FC(F)(F)Oc1ccc(-n2c(-c3ccc(Br)cc3)c[nH]c2=S)cc1. The van der Waals surface area contributed by atoms with Crippen LogP contribution in [0.4, 0.5) is 13.2 Å². The first-order chi connectivity index (χ1) is 11.3. The topological polar surface area (TPSA) is 29.9 Å². The van der Waals surface area contributed by atoms with Crippen LogP contribution in [0.2, 0.25) is 0 Å². The molecule has 0 saturated heterocycles. The molecule has 8 heteroatoms. The largest absolute Gasteiger partial charge is 0.573 e. The number of aromatic nitrogens is 2. The molecule has 124 valence electrons. The second-order valence-electron chi connectivity index (χ2n) is 4.86. The van der Waals surface area contributed by atoms with E-state index in [0.717, 1.165) is 15.7 Å². The van der Waals surface area contributed by atoms with Crippen LogP contribution in [0.25, 0.3) is 16.9 Å². The molecule has 0 unspecified atom stereocenters. The third-order valence-corrected chi connectivity index (χ3v) is 4.07. The molecule has 2 aromatic carbocycles. The van der Waals surface area contributed by atoms with E-state index in [9.17, 15) is 13.2 Å². The summed E-state index contributed by atoms with van der Waals surface area (Å²) in [5, 5.41) is 0. The summed E-state index contributed by atoms with van der Waals surface area (Å²) in [7, 11) is 0. The van der Waals surface area contributed by atoms with E-state index >= 15 is 0 Å². The molecule has 1 aromatic heterocycles. The highest BCUT2D eigenvalue weighted by Crippen LogP contribution is 2.27. The molecule has 0 spiro atoms. The van der Waals surface area contributed by atoms with Crippen molar-refractivity contribution in [3.63, 3.8) is 0 Å². The van der Waals surface area contributed by atoms with Gasteiger partial charge in [-0.05, 0) is 48.6 Å². The van der Waals surface area contributed by atoms with Gasteiger partial charge in [0, 0.05) is 21.9 Å². The van der Waals surface area contributed by atoms with Gasteiger partial charge in [0.15, 0.2) is 4.77 Å². The lowest BCUT2D eigenvalue weighted by molar-refractivity contribution is -0.274. The van der Waals surface area contributed by atoms with E-state index in [1.165, 1.54) is 24.3 Å². The third kappa shape index (κ3) is 3.70. The van der Waals surface area contributed by atoms with Crippen LogP contribution < -0.4 is 4.74 Å². The molecule has 1 heterocycles. The van der Waals surface area contributed by atoms with Crippen LogP contribution >= 0.6 is 28.1 Å². The van der Waals surface area contributed by atoms with E-state index in [2.05, 4.69) is 25.7 Å². The Hall–Kier alpha value is -2.06. The number of H-pyrrole nitrogens is 1. The van der Waals surface area contributed by atoms with Crippen molar-refractivity contribution in [2.75, 3.05) is 0 Å². The molecule has 3 aromatic rings. The second kappa shape index (κ2) is 6.45. The number of benzene rings is 2. The number of hydrogen-bond acceptors (Lipinski definition) is 2. The molecular formula is C16H10BrF3N2OS. The molecule has 3 nitrogen and oxygen atoms in total. The zero-order valence-corrected chi connectivity index (χ0v) is 14.4. The summed E-state index contributed by atoms with van der Waals surface area (Å²) in [5.41, 5.74) is 2.35. The summed E-state index contributed by atoms with van der Waals surface area (Å²) in [5.74, 6) is -0.279. The minimum Gasteiger partial charge on any atom is -0.406 e. The minimum atomic E-state index is -4.71. The summed E-state index contributed by atoms with van der Waals surface area (Å²) in [4.78, 5) is 2.96. The van der Waals surface area contributed by atoms with Crippen molar-refractivity contribution in [3.05, 3.63) is 64.0 Å². The van der Waals surface area contributed by atoms with Gasteiger partial charge < -0.3 is 9.72 Å². The van der Waals surface area contributed by atoms with Crippen LogP contribution in [0.1, 0.15) is 0 Å². The monoisotopic (exact) mass is 414 g/mol. The lowest BCUT2D eigenvalue weighted by Crippen LogP contribution is -2.17. The summed E-state index contributed by atoms with van der Waals surface area (Å²) >= 11 is 8.67. The molecule has 24 heavy (non-hydrogen) atoms. The van der Waals surface area contributed by atoms with Gasteiger partial charge >= 0.3 is 6.36 Å². The minimum absolute atomic E-state index is 0.279. The Kier molecular flexibility index (Phi) is 4.51. The molecule has 0 bridgehead atoms. The molecule has 0 aliphatic heterocycles. The predicted molar refractivity (Wildman–Crippen MR) is 90.8 cm³/mol. The Morgan fingerprint density at radius 3 is 2.21 bits per heavy atom. The van der Waals surface area contributed by atoms with Crippen LogP contribution in [0.15, 0.2) is 59.2 Å². The van der Waals surface area contributed by atoms with Gasteiger partial charge in [0.1, 0.15) is 5.75 Å². The Balaban J connectivity index is 1.99. The van der Waals surface area contributed by atoms with Gasteiger partial charge in [-0.15, -0.1) is 13.2 Å². The first kappa shape index (κ1) is 16.8. The smallest absolute Gasteiger partial charge is 0.406 e. The fourth-order valence-corrected chi connectivity index (χ4v) is 2.78. The van der Waals surface area contributed by atoms with E-state index < -0.39 is 6.36 Å². The van der Waals surface area contributed by atoms with E-state index in [-0.39, 0.29) is 5.75 Å². The number of imidazole rings is 1. The summed E-state index contributed by atoms with van der Waals surface area (Å²) < 4.78 is 43.8. The average molecular weight is 415 g/mol. The summed E-state index contributed by atoms with van der Waals surface area (Å²) in [6.07, 6.45) is -2.96. The van der Waals surface area contributed by atoms with Crippen LogP contribution in [0.5, 0.6) is 5.75 Å². The van der Waals surface area contributed by atoms with Crippen molar-refractivity contribution in [1.29, 1.82) is 0 Å². The number of alkyl halides is 3. The van der Waals surface area contributed by atoms with Crippen molar-refractivity contribution >= 4 is 28.1 Å². The van der Waals surface area contributed by atoms with Gasteiger partial charge in [0.05, 0.1) is 5.69 Å². The standard InChI is InChI=1S/C16H10BrF3N2OS/c17-11-3-1-10(2-4-11)14-9-21-15(24)22(14)12-5-7-13(8-6-12)23-16(18,19)20/h1-9H,(H,21,24). The molecule has 0 radical (unpaired) electrons. The fraction of sp³-hybridized carbons (Fsp3) is 0.0625. The normalized spacial score (nSPS) is 11.5. The van der Waals surface area contributed by atoms with Gasteiger partial charge in [-0.25, -0.2) is 0 Å². The number of hydrogen-bond donors (Lipinski definition) is 1. The van der Waals surface area contributed by atoms with Crippen LogP contribution in [0, 0.1) is 4.77 Å². The number of ether oxygens (including phenoxy) is 1. The maximum atomic E-state index is 12.2. The molecule has 1 N–H and O–H groups in total. The number of aromatic amines is 1. The molecule has 0 fully saturated rings. The average Bonchev–Trinajstić information content (AvgIpc) is 2.89. The summed E-state index contributed by atoms with van der Waals surface area (Å²) in [6, 6.07) is 13.2. The van der Waals surface area contributed by atoms with Crippen molar-refractivity contribution in [2.24, 2.45) is 0 Å². The lowest BCUT2D eigenvalue weighted by Gasteiger charge is -2.11. The van der Waals surface area contributed by atoms with E-state index in [1.54, 1.807) is 10.8 Å². The molecular weight excluding hydrogens is 405 g/mol. The van der Waals surface area contributed by atoms with Crippen molar-refractivity contribution in [1.82, 2.24) is 9.55 Å². The lowest BCUT2D eigenvalue weighted by atomic mass is 10.1. The van der Waals surface area contributed by atoms with Gasteiger partial charge in [0.25, 0.3) is 0 Å². The number of halogens is 4. The van der Waals surface area contributed by atoms with Crippen molar-refractivity contribution in [3.8, 4) is 22.7 Å². The quantitative estimate of drug-likeness (QED) is 0.543. The Morgan fingerprint density at radius 1 is 1.00 bits per heavy atom. The first-order valence-electron chi connectivity index (χ1n) is 6.76. The van der Waals surface area contributed by atoms with Crippen molar-refractivity contribution in [2.45, 2.75) is 6.36 Å². The maximum Gasteiger partial charge on any atom is 0.573 e. The highest BCUT2D eigenvalue weighted by atomic mass is 79.9. The van der Waals surface area contributed by atoms with E-state index in [1.807, 2.05) is 24.3 Å². The van der Waals surface area contributed by atoms with Gasteiger partial charge in [-0.2, -0.15) is 0 Å². The zero-order chi connectivity index (χ0) is 17.3. The molecule has 0 amide bonds. The third-order valence-electron chi connectivity index (χ3n) is 3.24.